The third-order valence-electron chi connectivity index (χ3n) is 2.73. The van der Waals surface area contributed by atoms with Gasteiger partial charge < -0.3 is 14.7 Å². The maximum atomic E-state index is 8.88. The molecule has 0 aliphatic heterocycles. The monoisotopic (exact) mass is 358 g/mol. The fourth-order valence-electron chi connectivity index (χ4n) is 2.40. The van der Waals surface area contributed by atoms with E-state index < -0.39 is 7.82 Å². The Bertz CT molecular complexity index is 522. The Morgan fingerprint density at radius 3 is 0.708 bits per heavy atom. The predicted octanol–water partition coefficient (Wildman–Crippen LogP) is 4.45. The van der Waals surface area contributed by atoms with Gasteiger partial charge in [0.05, 0.1) is 0 Å². The van der Waals surface area contributed by atoms with E-state index in [-0.39, 0.29) is 4.70 Å². The maximum Gasteiger partial charge on any atom is 0.466 e. The van der Waals surface area contributed by atoms with Crippen molar-refractivity contribution in [3.8, 4) is 0 Å². The van der Waals surface area contributed by atoms with Crippen LogP contribution < -0.4 is 0 Å². The van der Waals surface area contributed by atoms with Crippen LogP contribution in [0.3, 0.4) is 0 Å². The molecule has 2 aromatic rings. The van der Waals surface area contributed by atoms with Crippen LogP contribution in [-0.4, -0.2) is 14.7 Å². The molecule has 4 nitrogen and oxygen atoms in total. The molecule has 0 aromatic heterocycles. The molecule has 6 heteroatoms. The van der Waals surface area contributed by atoms with Gasteiger partial charge in [-0.25, -0.2) is 4.57 Å². The summed E-state index contributed by atoms with van der Waals surface area (Å²) in [4.78, 5) is 21.6. The molecule has 0 amide bonds. The molecular formula is C18H28FO4P. The third kappa shape index (κ3) is 15.4. The zero-order valence-corrected chi connectivity index (χ0v) is 16.0. The summed E-state index contributed by atoms with van der Waals surface area (Å²) in [6.07, 6.45) is 0. The van der Waals surface area contributed by atoms with Crippen molar-refractivity contribution in [2.45, 2.75) is 41.5 Å². The van der Waals surface area contributed by atoms with Gasteiger partial charge in [-0.15, -0.1) is 0 Å². The highest BCUT2D eigenvalue weighted by Gasteiger charge is 2.00. The van der Waals surface area contributed by atoms with Gasteiger partial charge in [-0.05, 0) is 41.5 Å². The molecule has 0 unspecified atom stereocenters. The van der Waals surface area contributed by atoms with Crippen molar-refractivity contribution in [1.29, 1.82) is 0 Å². The van der Waals surface area contributed by atoms with Crippen LogP contribution in [0.25, 0.3) is 0 Å². The molecule has 0 radical (unpaired) electrons. The Morgan fingerprint density at radius 1 is 0.542 bits per heavy atom. The standard InChI is InChI=1S/2C9H12.FH.H3O4P/c2*1-7-4-8(2)6-9(3)5-7;;1-5(2,3)4/h2*4-6H,1-3H3;1H;(H3,1,2,3,4). The number of aryl methyl sites for hydroxylation is 6. The molecule has 0 bridgehead atoms. The van der Waals surface area contributed by atoms with Gasteiger partial charge in [0, 0.05) is 0 Å². The summed E-state index contributed by atoms with van der Waals surface area (Å²) in [6.45, 7) is 12.8. The smallest absolute Gasteiger partial charge is 0.303 e. The predicted molar refractivity (Wildman–Crippen MR) is 98.1 cm³/mol. The van der Waals surface area contributed by atoms with Crippen molar-refractivity contribution in [2.24, 2.45) is 0 Å². The Morgan fingerprint density at radius 2 is 0.625 bits per heavy atom. The molecule has 0 atom stereocenters. The zero-order valence-electron chi connectivity index (χ0n) is 15.1. The van der Waals surface area contributed by atoms with Crippen LogP contribution in [-0.2, 0) is 4.57 Å². The lowest BCUT2D eigenvalue weighted by Crippen LogP contribution is -1.78. The minimum atomic E-state index is -4.64. The molecule has 0 saturated heterocycles. The van der Waals surface area contributed by atoms with Crippen LogP contribution in [0, 0.1) is 41.5 Å². The summed E-state index contributed by atoms with van der Waals surface area (Å²) < 4.78 is 8.88. The van der Waals surface area contributed by atoms with E-state index in [1.165, 1.54) is 33.4 Å². The molecule has 0 fully saturated rings. The zero-order chi connectivity index (χ0) is 18.2. The minimum absolute atomic E-state index is 0. The molecule has 0 spiro atoms. The van der Waals surface area contributed by atoms with Gasteiger partial charge in [-0.1, -0.05) is 69.8 Å². The van der Waals surface area contributed by atoms with Crippen molar-refractivity contribution < 1.29 is 23.9 Å². The third-order valence-corrected chi connectivity index (χ3v) is 2.73. The molecule has 3 N–H and O–H groups in total. The number of phosphoric acid groups is 1. The first-order valence-corrected chi connectivity index (χ1v) is 8.81. The largest absolute Gasteiger partial charge is 0.466 e. The molecule has 2 rings (SSSR count). The van der Waals surface area contributed by atoms with Crippen LogP contribution in [0.4, 0.5) is 4.70 Å². The van der Waals surface area contributed by atoms with E-state index in [4.69, 9.17) is 19.2 Å². The van der Waals surface area contributed by atoms with Gasteiger partial charge in [0.2, 0.25) is 0 Å². The van der Waals surface area contributed by atoms with E-state index in [0.717, 1.165) is 0 Å². The quantitative estimate of drug-likeness (QED) is 0.608. The van der Waals surface area contributed by atoms with E-state index in [1.54, 1.807) is 0 Å². The number of halogens is 1. The number of hydrogen-bond donors (Lipinski definition) is 3. The normalized spacial score (nSPS) is 9.71. The van der Waals surface area contributed by atoms with Gasteiger partial charge in [-0.3, -0.25) is 4.70 Å². The Labute approximate surface area is 143 Å². The lowest BCUT2D eigenvalue weighted by molar-refractivity contribution is 0.275. The molecule has 0 aliphatic carbocycles. The Balaban J connectivity index is 0. The summed E-state index contributed by atoms with van der Waals surface area (Å²) in [6, 6.07) is 13.1. The minimum Gasteiger partial charge on any atom is -0.303 e. The Hall–Kier alpha value is -1.52. The second kappa shape index (κ2) is 11.1. The molecular weight excluding hydrogens is 330 g/mol. The van der Waals surface area contributed by atoms with E-state index in [1.807, 2.05) is 0 Å². The highest BCUT2D eigenvalue weighted by molar-refractivity contribution is 7.45. The van der Waals surface area contributed by atoms with Crippen molar-refractivity contribution in [3.63, 3.8) is 0 Å². The summed E-state index contributed by atoms with van der Waals surface area (Å²) >= 11 is 0. The van der Waals surface area contributed by atoms with Crippen LogP contribution in [0.1, 0.15) is 33.4 Å². The molecule has 0 heterocycles. The van der Waals surface area contributed by atoms with Gasteiger partial charge in [0.25, 0.3) is 0 Å². The van der Waals surface area contributed by atoms with Crippen molar-refractivity contribution in [1.82, 2.24) is 0 Å². The lowest BCUT2D eigenvalue weighted by atomic mass is 10.1. The number of benzene rings is 2. The van der Waals surface area contributed by atoms with E-state index in [2.05, 4.69) is 77.9 Å². The lowest BCUT2D eigenvalue weighted by Gasteiger charge is -1.96. The first kappa shape index (κ1) is 24.7. The first-order valence-electron chi connectivity index (χ1n) is 7.25. The number of rotatable bonds is 0. The van der Waals surface area contributed by atoms with Crippen LogP contribution in [0.15, 0.2) is 36.4 Å². The van der Waals surface area contributed by atoms with Crippen molar-refractivity contribution in [2.75, 3.05) is 0 Å². The summed E-state index contributed by atoms with van der Waals surface area (Å²) in [7, 11) is -4.64. The van der Waals surface area contributed by atoms with Gasteiger partial charge in [0.15, 0.2) is 0 Å². The molecule has 2 aromatic carbocycles. The summed E-state index contributed by atoms with van der Waals surface area (Å²) in [5.74, 6) is 0. The second-order valence-corrected chi connectivity index (χ2v) is 6.87. The highest BCUT2D eigenvalue weighted by Crippen LogP contribution is 2.25. The molecule has 0 saturated carbocycles. The molecule has 136 valence electrons. The molecule has 0 aliphatic rings. The SMILES string of the molecule is Cc1cc(C)cc(C)c1.Cc1cc(C)cc(C)c1.F.O=P(O)(O)O. The fraction of sp³-hybridized carbons (Fsp3) is 0.333. The summed E-state index contributed by atoms with van der Waals surface area (Å²) in [5.41, 5.74) is 8.13. The van der Waals surface area contributed by atoms with E-state index >= 15 is 0 Å². The van der Waals surface area contributed by atoms with Crippen LogP contribution >= 0.6 is 7.82 Å². The van der Waals surface area contributed by atoms with Crippen molar-refractivity contribution in [3.05, 3.63) is 69.8 Å². The van der Waals surface area contributed by atoms with Gasteiger partial charge in [-0.2, -0.15) is 0 Å². The first-order chi connectivity index (χ1) is 10.4. The Kier molecular flexibility index (Phi) is 11.4. The highest BCUT2D eigenvalue weighted by atomic mass is 31.2. The summed E-state index contributed by atoms with van der Waals surface area (Å²) in [5, 5.41) is 0. The molecule has 24 heavy (non-hydrogen) atoms. The maximum absolute atomic E-state index is 8.88. The van der Waals surface area contributed by atoms with E-state index in [0.29, 0.717) is 0 Å². The van der Waals surface area contributed by atoms with Crippen LogP contribution in [0.5, 0.6) is 0 Å². The average molecular weight is 358 g/mol. The average Bonchev–Trinajstić information content (AvgIpc) is 2.22. The number of hydrogen-bond acceptors (Lipinski definition) is 1. The second-order valence-electron chi connectivity index (χ2n) is 5.84. The van der Waals surface area contributed by atoms with Crippen LogP contribution in [0.2, 0.25) is 0 Å². The van der Waals surface area contributed by atoms with E-state index in [9.17, 15) is 0 Å². The van der Waals surface area contributed by atoms with Gasteiger partial charge in [0.1, 0.15) is 0 Å². The van der Waals surface area contributed by atoms with Gasteiger partial charge >= 0.3 is 7.82 Å². The topological polar surface area (TPSA) is 77.8 Å². The fourth-order valence-corrected chi connectivity index (χ4v) is 2.40. The van der Waals surface area contributed by atoms with Crippen molar-refractivity contribution >= 4 is 7.82 Å².